The highest BCUT2D eigenvalue weighted by Crippen LogP contribution is 2.25. The lowest BCUT2D eigenvalue weighted by molar-refractivity contribution is -0.128. The average Bonchev–Trinajstić information content (AvgIpc) is 2.66. The third kappa shape index (κ3) is 5.41. The van der Waals surface area contributed by atoms with Crippen molar-refractivity contribution in [3.05, 3.63) is 53.6 Å². The molecule has 0 bridgehead atoms. The number of ether oxygens (including phenoxy) is 3. The van der Waals surface area contributed by atoms with Gasteiger partial charge in [-0.25, -0.2) is 0 Å². The minimum atomic E-state index is -0.525. The molecule has 0 radical (unpaired) electrons. The second-order valence-electron chi connectivity index (χ2n) is 6.05. The van der Waals surface area contributed by atoms with Gasteiger partial charge in [-0.2, -0.15) is 0 Å². The van der Waals surface area contributed by atoms with E-state index in [9.17, 15) is 4.79 Å². The number of hydrogen-bond acceptors (Lipinski definition) is 4. The van der Waals surface area contributed by atoms with Gasteiger partial charge in [0.15, 0.2) is 17.6 Å². The zero-order valence-corrected chi connectivity index (χ0v) is 15.9. The first-order valence-corrected chi connectivity index (χ1v) is 8.82. The standard InChI is InChI=1S/C21H27NO4/c1-5-18(26-17-11-10-15(2)16(3)14-17)21(23)22-12-13-25-20-9-7-6-8-19(20)24-4/h6-11,14,18H,5,12-13H2,1-4H3,(H,22,23)/t18-/m0/s1. The van der Waals surface area contributed by atoms with Gasteiger partial charge in [-0.05, 0) is 55.7 Å². The average molecular weight is 357 g/mol. The highest BCUT2D eigenvalue weighted by molar-refractivity contribution is 5.81. The number of carbonyl (C=O) groups excluding carboxylic acids is 1. The summed E-state index contributed by atoms with van der Waals surface area (Å²) in [7, 11) is 1.60. The van der Waals surface area contributed by atoms with Gasteiger partial charge in [0.25, 0.3) is 5.91 Å². The quantitative estimate of drug-likeness (QED) is 0.696. The molecule has 2 aromatic carbocycles. The normalized spacial score (nSPS) is 11.5. The molecule has 1 amide bonds. The van der Waals surface area contributed by atoms with Crippen molar-refractivity contribution in [3.8, 4) is 17.2 Å². The van der Waals surface area contributed by atoms with Crippen molar-refractivity contribution in [1.82, 2.24) is 5.32 Å². The van der Waals surface area contributed by atoms with E-state index in [4.69, 9.17) is 14.2 Å². The Bertz CT molecular complexity index is 730. The SMILES string of the molecule is CC[C@H](Oc1ccc(C)c(C)c1)C(=O)NCCOc1ccccc1OC. The number of nitrogens with one attached hydrogen (secondary N) is 1. The maximum atomic E-state index is 12.3. The summed E-state index contributed by atoms with van der Waals surface area (Å²) >= 11 is 0. The van der Waals surface area contributed by atoms with Crippen LogP contribution in [0, 0.1) is 13.8 Å². The van der Waals surface area contributed by atoms with Crippen molar-refractivity contribution in [1.29, 1.82) is 0 Å². The fourth-order valence-electron chi connectivity index (χ4n) is 2.46. The molecular weight excluding hydrogens is 330 g/mol. The summed E-state index contributed by atoms with van der Waals surface area (Å²) in [5, 5.41) is 2.86. The van der Waals surface area contributed by atoms with E-state index in [1.807, 2.05) is 63.2 Å². The number of para-hydroxylation sites is 2. The van der Waals surface area contributed by atoms with Crippen molar-refractivity contribution >= 4 is 5.91 Å². The highest BCUT2D eigenvalue weighted by Gasteiger charge is 2.18. The number of aryl methyl sites for hydroxylation is 2. The zero-order valence-electron chi connectivity index (χ0n) is 15.9. The van der Waals surface area contributed by atoms with Gasteiger partial charge in [0.2, 0.25) is 0 Å². The van der Waals surface area contributed by atoms with Crippen molar-refractivity contribution in [3.63, 3.8) is 0 Å². The molecule has 0 heterocycles. The Morgan fingerprint density at radius 3 is 2.46 bits per heavy atom. The molecule has 0 aromatic heterocycles. The Balaban J connectivity index is 1.82. The van der Waals surface area contributed by atoms with Gasteiger partial charge >= 0.3 is 0 Å². The Kier molecular flexibility index (Phi) is 7.33. The molecule has 140 valence electrons. The highest BCUT2D eigenvalue weighted by atomic mass is 16.5. The number of hydrogen-bond donors (Lipinski definition) is 1. The van der Waals surface area contributed by atoms with Crippen molar-refractivity contribution < 1.29 is 19.0 Å². The van der Waals surface area contributed by atoms with Crippen LogP contribution in [0.5, 0.6) is 17.2 Å². The maximum absolute atomic E-state index is 12.3. The van der Waals surface area contributed by atoms with Gasteiger partial charge in [0, 0.05) is 0 Å². The first-order chi connectivity index (χ1) is 12.5. The smallest absolute Gasteiger partial charge is 0.261 e. The fraction of sp³-hybridized carbons (Fsp3) is 0.381. The molecule has 0 unspecified atom stereocenters. The molecule has 0 saturated carbocycles. The molecule has 0 aliphatic carbocycles. The van der Waals surface area contributed by atoms with Crippen molar-refractivity contribution in [2.24, 2.45) is 0 Å². The summed E-state index contributed by atoms with van der Waals surface area (Å²) in [5.41, 5.74) is 2.34. The van der Waals surface area contributed by atoms with E-state index in [0.29, 0.717) is 36.8 Å². The summed E-state index contributed by atoms with van der Waals surface area (Å²) in [5.74, 6) is 1.89. The first kappa shape index (κ1) is 19.6. The van der Waals surface area contributed by atoms with E-state index in [0.717, 1.165) is 5.56 Å². The van der Waals surface area contributed by atoms with E-state index < -0.39 is 6.10 Å². The lowest BCUT2D eigenvalue weighted by atomic mass is 10.1. The van der Waals surface area contributed by atoms with E-state index >= 15 is 0 Å². The number of carbonyl (C=O) groups is 1. The molecule has 2 aromatic rings. The summed E-state index contributed by atoms with van der Waals surface area (Å²) in [6.45, 7) is 6.75. The molecule has 0 aliphatic heterocycles. The van der Waals surface area contributed by atoms with Crippen LogP contribution in [0.2, 0.25) is 0 Å². The molecule has 1 N–H and O–H groups in total. The van der Waals surface area contributed by atoms with Crippen LogP contribution in [0.1, 0.15) is 24.5 Å². The van der Waals surface area contributed by atoms with Gasteiger partial charge in [-0.15, -0.1) is 0 Å². The Morgan fingerprint density at radius 2 is 1.81 bits per heavy atom. The van der Waals surface area contributed by atoms with Gasteiger partial charge in [0.05, 0.1) is 13.7 Å². The summed E-state index contributed by atoms with van der Waals surface area (Å²) in [6, 6.07) is 13.3. The predicted molar refractivity (Wildman–Crippen MR) is 102 cm³/mol. The van der Waals surface area contributed by atoms with Gasteiger partial charge in [0.1, 0.15) is 12.4 Å². The number of amides is 1. The Labute approximate surface area is 155 Å². The second-order valence-corrected chi connectivity index (χ2v) is 6.05. The molecule has 0 fully saturated rings. The zero-order chi connectivity index (χ0) is 18.9. The summed E-state index contributed by atoms with van der Waals surface area (Å²) in [6.07, 6.45) is 0.0647. The second kappa shape index (κ2) is 9.70. The monoisotopic (exact) mass is 357 g/mol. The van der Waals surface area contributed by atoms with Crippen LogP contribution < -0.4 is 19.5 Å². The Hall–Kier alpha value is -2.69. The lowest BCUT2D eigenvalue weighted by Gasteiger charge is -2.18. The van der Waals surface area contributed by atoms with Crippen molar-refractivity contribution in [2.45, 2.75) is 33.3 Å². The van der Waals surface area contributed by atoms with E-state index in [1.54, 1.807) is 7.11 Å². The molecule has 0 spiro atoms. The van der Waals surface area contributed by atoms with Gasteiger partial charge in [-0.1, -0.05) is 25.1 Å². The minimum absolute atomic E-state index is 0.144. The Morgan fingerprint density at radius 1 is 1.08 bits per heavy atom. The lowest BCUT2D eigenvalue weighted by Crippen LogP contribution is -2.39. The van der Waals surface area contributed by atoms with Gasteiger partial charge < -0.3 is 19.5 Å². The third-order valence-electron chi connectivity index (χ3n) is 4.15. The van der Waals surface area contributed by atoms with E-state index in [-0.39, 0.29) is 5.91 Å². The molecule has 0 aliphatic rings. The number of rotatable bonds is 9. The molecule has 1 atom stereocenters. The van der Waals surface area contributed by atoms with Crippen LogP contribution in [-0.4, -0.2) is 32.3 Å². The van der Waals surface area contributed by atoms with Crippen molar-refractivity contribution in [2.75, 3.05) is 20.3 Å². The molecule has 5 nitrogen and oxygen atoms in total. The third-order valence-corrected chi connectivity index (χ3v) is 4.15. The topological polar surface area (TPSA) is 56.8 Å². The predicted octanol–water partition coefficient (Wildman–Crippen LogP) is 3.66. The summed E-state index contributed by atoms with van der Waals surface area (Å²) < 4.78 is 16.7. The first-order valence-electron chi connectivity index (χ1n) is 8.82. The number of benzene rings is 2. The molecule has 5 heteroatoms. The summed E-state index contributed by atoms with van der Waals surface area (Å²) in [4.78, 5) is 12.3. The fourth-order valence-corrected chi connectivity index (χ4v) is 2.46. The van der Waals surface area contributed by atoms with Crippen LogP contribution >= 0.6 is 0 Å². The maximum Gasteiger partial charge on any atom is 0.261 e. The van der Waals surface area contributed by atoms with Crippen LogP contribution in [-0.2, 0) is 4.79 Å². The van der Waals surface area contributed by atoms with Crippen LogP contribution in [0.25, 0.3) is 0 Å². The molecular formula is C21H27NO4. The van der Waals surface area contributed by atoms with Crippen LogP contribution in [0.4, 0.5) is 0 Å². The van der Waals surface area contributed by atoms with Crippen LogP contribution in [0.15, 0.2) is 42.5 Å². The van der Waals surface area contributed by atoms with E-state index in [2.05, 4.69) is 5.32 Å². The number of methoxy groups -OCH3 is 1. The van der Waals surface area contributed by atoms with Gasteiger partial charge in [-0.3, -0.25) is 4.79 Å². The van der Waals surface area contributed by atoms with E-state index in [1.165, 1.54) is 5.56 Å². The molecule has 0 saturated heterocycles. The molecule has 2 rings (SSSR count). The minimum Gasteiger partial charge on any atom is -0.493 e. The van der Waals surface area contributed by atoms with Crippen LogP contribution in [0.3, 0.4) is 0 Å². The largest absolute Gasteiger partial charge is 0.493 e. The molecule has 26 heavy (non-hydrogen) atoms.